The largest absolute Gasteiger partial charge is 0.395 e. The Labute approximate surface area is 416 Å². The van der Waals surface area contributed by atoms with Crippen molar-refractivity contribution in [3.8, 4) is 60.7 Å². The Bertz CT molecular complexity index is 1600. The van der Waals surface area contributed by atoms with Crippen LogP contribution in [0, 0.1) is 60.7 Å². The van der Waals surface area contributed by atoms with Gasteiger partial charge >= 0.3 is 0 Å². The highest BCUT2D eigenvalue weighted by Crippen LogP contribution is 2.17. The topological polar surface area (TPSA) is 124 Å². The molecule has 12 nitrogen and oxygen atoms in total. The number of hydrogen-bond donors (Lipinski definition) is 2. The van der Waals surface area contributed by atoms with Crippen LogP contribution >= 0.6 is 35.1 Å². The van der Waals surface area contributed by atoms with Gasteiger partial charge in [0.15, 0.2) is 12.6 Å². The number of carbonyl (C=O) groups is 2. The zero-order chi connectivity index (χ0) is 51.6. The molecular weight excluding hydrogens is 896 g/mol. The molecule has 0 amide bonds. The summed E-state index contributed by atoms with van der Waals surface area (Å²) in [5, 5.41) is 17.1. The van der Waals surface area contributed by atoms with Crippen LogP contribution in [-0.2, 0) is 28.5 Å². The first-order chi connectivity index (χ1) is 30.6. The first-order valence-corrected chi connectivity index (χ1v) is 25.3. The Balaban J connectivity index is -0.000000787. The Hall–Kier alpha value is -2.27. The van der Waals surface area contributed by atoms with Crippen LogP contribution in [0.5, 0.6) is 0 Å². The van der Waals surface area contributed by atoms with E-state index in [2.05, 4.69) is 51.2 Å². The number of hydrogen-bond acceptors (Lipinski definition) is 14. The Morgan fingerprint density at radius 2 is 0.894 bits per heavy atom. The van der Waals surface area contributed by atoms with E-state index in [4.69, 9.17) is 60.0 Å². The molecule has 2 rings (SSSR count). The number of carbonyl (C=O) groups excluding carboxylic acids is 2. The number of halogens is 1. The van der Waals surface area contributed by atoms with E-state index in [9.17, 15) is 9.59 Å². The number of alkyl halides is 1. The van der Waals surface area contributed by atoms with Gasteiger partial charge in [0, 0.05) is 39.4 Å². The predicted molar refractivity (Wildman–Crippen MR) is 279 cm³/mol. The number of nitrogens with zero attached hydrogens (tertiary/aromatic N) is 4. The van der Waals surface area contributed by atoms with E-state index in [1.165, 1.54) is 12.8 Å². The van der Waals surface area contributed by atoms with Gasteiger partial charge in [0.2, 0.25) is 0 Å². The first-order valence-electron chi connectivity index (χ1n) is 22.4. The van der Waals surface area contributed by atoms with E-state index >= 15 is 0 Å². The molecule has 0 aromatic carbocycles. The number of thioether (sulfide) groups is 2. The van der Waals surface area contributed by atoms with Gasteiger partial charge in [-0.05, 0) is 160 Å². The van der Waals surface area contributed by atoms with Crippen molar-refractivity contribution in [3.63, 3.8) is 0 Å². The zero-order valence-corrected chi connectivity index (χ0v) is 45.9. The highest BCUT2D eigenvalue weighted by molar-refractivity contribution is 8.13. The molecule has 378 valence electrons. The average molecular weight is 984 g/mol. The molecule has 2 aliphatic rings. The zero-order valence-electron chi connectivity index (χ0n) is 43.5. The maximum atomic E-state index is 11.2. The van der Waals surface area contributed by atoms with Gasteiger partial charge in [0.1, 0.15) is 0 Å². The lowest BCUT2D eigenvalue weighted by molar-refractivity contribution is -0.165. The fourth-order valence-corrected chi connectivity index (χ4v) is 4.97. The van der Waals surface area contributed by atoms with Crippen molar-refractivity contribution in [2.24, 2.45) is 0 Å². The molecule has 0 bridgehead atoms. The molecule has 2 saturated heterocycles. The third-order valence-corrected chi connectivity index (χ3v) is 11.8. The van der Waals surface area contributed by atoms with Crippen molar-refractivity contribution in [1.82, 2.24) is 19.6 Å². The number of terminal acetylenes is 3. The van der Waals surface area contributed by atoms with Crippen molar-refractivity contribution < 1.29 is 38.7 Å². The molecule has 2 atom stereocenters. The molecule has 66 heavy (non-hydrogen) atoms. The maximum absolute atomic E-state index is 11.2. The minimum atomic E-state index is -0.458. The second-order valence-corrected chi connectivity index (χ2v) is 20.6. The quantitative estimate of drug-likeness (QED) is 0.128. The van der Waals surface area contributed by atoms with E-state index in [1.807, 2.05) is 93.4 Å². The van der Waals surface area contributed by atoms with Gasteiger partial charge in [0.05, 0.1) is 53.5 Å². The first kappa shape index (κ1) is 68.0. The smallest absolute Gasteiger partial charge is 0.262 e. The number of rotatable bonds is 16. The second-order valence-electron chi connectivity index (χ2n) is 18.1. The van der Waals surface area contributed by atoms with E-state index < -0.39 is 4.87 Å². The van der Waals surface area contributed by atoms with Crippen LogP contribution in [0.25, 0.3) is 0 Å². The summed E-state index contributed by atoms with van der Waals surface area (Å²) in [4.78, 5) is 29.8. The van der Waals surface area contributed by atoms with Gasteiger partial charge in [-0.1, -0.05) is 53.1 Å². The molecule has 0 aromatic rings. The standard InChI is InChI=1S/C15H25NO3S.C13H23NO2.C10H17NO2S.C8H15NO.C5H7Cl/c1-15(2,9-8-13(17)20-4)16(3)10-12-19-14-7-5-6-11-18-14;1-5-13(2,3)14(4)9-11-16-12-8-6-7-10-15-12;1-10(2,11(3)7-8-12)6-5-9(13)14-4;1-5-8(2,3)9(4)6-7-10;1-4-5(2,3)6/h14H,5-7,10-12H2,1-4H3;1,12H,6-11H2,2-4H3;12H,7-8H2,1-4H3;1,10H,6-7H2,2-4H3;1H,2-3H3. The Morgan fingerprint density at radius 3 is 1.15 bits per heavy atom. The lowest BCUT2D eigenvalue weighted by Gasteiger charge is -2.31. The van der Waals surface area contributed by atoms with Crippen molar-refractivity contribution >= 4 is 45.4 Å². The van der Waals surface area contributed by atoms with Gasteiger partial charge in [0.25, 0.3) is 10.2 Å². The summed E-state index contributed by atoms with van der Waals surface area (Å²) in [6.45, 7) is 25.3. The molecule has 2 heterocycles. The van der Waals surface area contributed by atoms with Crippen LogP contribution < -0.4 is 0 Å². The molecule has 2 unspecified atom stereocenters. The van der Waals surface area contributed by atoms with Gasteiger partial charge in [-0.25, -0.2) is 0 Å². The van der Waals surface area contributed by atoms with Crippen LogP contribution in [0.3, 0.4) is 0 Å². The van der Waals surface area contributed by atoms with E-state index in [0.29, 0.717) is 26.3 Å². The minimum Gasteiger partial charge on any atom is -0.395 e. The highest BCUT2D eigenvalue weighted by atomic mass is 35.5. The minimum absolute atomic E-state index is 0.00361. The van der Waals surface area contributed by atoms with Crippen LogP contribution in [0.15, 0.2) is 0 Å². The molecule has 15 heteroatoms. The number of aliphatic hydroxyl groups is 2. The molecule has 0 aromatic heterocycles. The molecular formula is C51H87ClN4O8S2. The summed E-state index contributed by atoms with van der Waals surface area (Å²) < 4.78 is 22.4. The SMILES string of the molecule is C#CC(C)(C)Cl.C#CC(C)(C)N(C)CCO.C#CC(C)(C)N(C)CCOC1CCCCO1.CSC(=O)C#CC(C)(C)N(C)CCO.CSC(=O)C#CC(C)(C)N(C)CCOC1CCCCO1. The highest BCUT2D eigenvalue weighted by Gasteiger charge is 2.24. The van der Waals surface area contributed by atoms with Crippen LogP contribution in [0.4, 0.5) is 0 Å². The third-order valence-electron chi connectivity index (χ3n) is 10.8. The van der Waals surface area contributed by atoms with E-state index in [1.54, 1.807) is 26.4 Å². The molecule has 0 saturated carbocycles. The molecule has 2 aliphatic heterocycles. The summed E-state index contributed by atoms with van der Waals surface area (Å²) in [6.07, 6.45) is 25.7. The predicted octanol–water partition coefficient (Wildman–Crippen LogP) is 6.55. The fourth-order valence-electron chi connectivity index (χ4n) is 4.67. The Morgan fingerprint density at radius 1 is 0.591 bits per heavy atom. The average Bonchev–Trinajstić information content (AvgIpc) is 3.28. The van der Waals surface area contributed by atoms with Gasteiger partial charge in [-0.2, -0.15) is 0 Å². The summed E-state index contributed by atoms with van der Waals surface area (Å²) >= 11 is 7.73. The van der Waals surface area contributed by atoms with Crippen molar-refractivity contribution in [3.05, 3.63) is 0 Å². The van der Waals surface area contributed by atoms with Crippen LogP contribution in [0.2, 0.25) is 0 Å². The molecule has 2 fully saturated rings. The van der Waals surface area contributed by atoms with Crippen molar-refractivity contribution in [1.29, 1.82) is 0 Å². The summed E-state index contributed by atoms with van der Waals surface area (Å²) in [7, 11) is 7.78. The molecule has 0 radical (unpaired) electrons. The van der Waals surface area contributed by atoms with Crippen LogP contribution in [0.1, 0.15) is 108 Å². The lowest BCUT2D eigenvalue weighted by Crippen LogP contribution is -2.42. The molecule has 0 aliphatic carbocycles. The molecule has 2 N–H and O–H groups in total. The fraction of sp³-hybridized carbons (Fsp3) is 0.765. The number of β-amino-alcohol motifs (C(OH)–C–C–N with tert-alkyl or cyclic N) is 2. The van der Waals surface area contributed by atoms with Gasteiger partial charge < -0.3 is 29.2 Å². The molecule has 0 spiro atoms. The van der Waals surface area contributed by atoms with Crippen LogP contribution in [-0.4, -0.2) is 186 Å². The summed E-state index contributed by atoms with van der Waals surface area (Å²) in [5.41, 5.74) is -1.18. The van der Waals surface area contributed by atoms with Crippen molar-refractivity contribution in [2.45, 2.75) is 147 Å². The third kappa shape index (κ3) is 34.9. The van der Waals surface area contributed by atoms with E-state index in [0.717, 1.165) is 75.5 Å². The number of likely N-dealkylation sites (N-methyl/N-ethyl adjacent to an activating group) is 4. The summed E-state index contributed by atoms with van der Waals surface area (Å²) in [6, 6.07) is 0. The summed E-state index contributed by atoms with van der Waals surface area (Å²) in [5.74, 6) is 18.9. The van der Waals surface area contributed by atoms with Gasteiger partial charge in [-0.3, -0.25) is 29.2 Å². The van der Waals surface area contributed by atoms with Gasteiger partial charge in [-0.15, -0.1) is 30.9 Å². The monoisotopic (exact) mass is 983 g/mol. The maximum Gasteiger partial charge on any atom is 0.262 e. The Kier molecular flexibility index (Phi) is 37.8. The number of aliphatic hydroxyl groups excluding tert-OH is 2. The van der Waals surface area contributed by atoms with E-state index in [-0.39, 0.29) is 58.2 Å². The lowest BCUT2D eigenvalue weighted by atomic mass is 10.0. The number of ether oxygens (including phenoxy) is 4. The normalized spacial score (nSPS) is 16.3. The van der Waals surface area contributed by atoms with Crippen molar-refractivity contribution in [2.75, 3.05) is 107 Å². The second kappa shape index (κ2) is 36.7.